The highest BCUT2D eigenvalue weighted by molar-refractivity contribution is 5.86. The van der Waals surface area contributed by atoms with E-state index in [0.717, 1.165) is 67.4 Å². The molecule has 0 saturated heterocycles. The predicted octanol–water partition coefficient (Wildman–Crippen LogP) is 12.7. The lowest BCUT2D eigenvalue weighted by Crippen LogP contribution is -2.32. The first-order valence-electron chi connectivity index (χ1n) is 18.9. The molecular formula is C46H58O3. The molecule has 0 N–H and O–H groups in total. The standard InChI is InChI=1S/C46H58O3/c1-9-13-19-29-44(7,11-3)43(47)48-41-27-25-35(31-33(41)5)46(39-23-17-15-21-37(39)38-22-16-18-24-40(38)46)36-26-28-42(34(6)32-36)49-45(8,12-4)30-20-14-10-2/h15-18,21-28,31-32H,9-14,19-20,29-30H2,1-8H3. The smallest absolute Gasteiger partial charge is 0.317 e. The molecule has 1 aliphatic carbocycles. The molecule has 3 heteroatoms. The van der Waals surface area contributed by atoms with Crippen LogP contribution in [-0.2, 0) is 10.2 Å². The molecule has 5 rings (SSSR count). The molecule has 2 unspecified atom stereocenters. The molecule has 2 atom stereocenters. The molecule has 4 aromatic carbocycles. The molecule has 0 spiro atoms. The number of aryl methyl sites for hydroxylation is 2. The van der Waals surface area contributed by atoms with Gasteiger partial charge in [0.2, 0.25) is 0 Å². The Labute approximate surface area is 296 Å². The van der Waals surface area contributed by atoms with Crippen LogP contribution in [0.25, 0.3) is 11.1 Å². The summed E-state index contributed by atoms with van der Waals surface area (Å²) in [6.45, 7) is 17.3. The van der Waals surface area contributed by atoms with Gasteiger partial charge in [-0.3, -0.25) is 4.79 Å². The molecule has 0 fully saturated rings. The molecule has 4 aromatic rings. The van der Waals surface area contributed by atoms with Crippen molar-refractivity contribution in [2.45, 2.75) is 131 Å². The number of esters is 1. The van der Waals surface area contributed by atoms with Crippen molar-refractivity contribution in [3.63, 3.8) is 0 Å². The molecule has 1 aliphatic rings. The van der Waals surface area contributed by atoms with E-state index in [-0.39, 0.29) is 11.6 Å². The Balaban J connectivity index is 1.60. The summed E-state index contributed by atoms with van der Waals surface area (Å²) in [6.07, 6.45) is 10.5. The van der Waals surface area contributed by atoms with Gasteiger partial charge in [0.25, 0.3) is 0 Å². The zero-order valence-electron chi connectivity index (χ0n) is 31.4. The topological polar surface area (TPSA) is 35.5 Å². The van der Waals surface area contributed by atoms with Crippen molar-refractivity contribution in [3.8, 4) is 22.6 Å². The van der Waals surface area contributed by atoms with Crippen LogP contribution in [0.2, 0.25) is 0 Å². The van der Waals surface area contributed by atoms with Crippen LogP contribution in [0.15, 0.2) is 84.9 Å². The van der Waals surface area contributed by atoms with Crippen molar-refractivity contribution < 1.29 is 14.3 Å². The van der Waals surface area contributed by atoms with Crippen LogP contribution < -0.4 is 9.47 Å². The number of carbonyl (C=O) groups excluding carboxylic acids is 1. The fraction of sp³-hybridized carbons (Fsp3) is 0.457. The summed E-state index contributed by atoms with van der Waals surface area (Å²) < 4.78 is 13.0. The second-order valence-corrected chi connectivity index (χ2v) is 14.9. The fourth-order valence-electron chi connectivity index (χ4n) is 7.74. The first-order chi connectivity index (χ1) is 23.6. The number of ether oxygens (including phenoxy) is 2. The first-order valence-corrected chi connectivity index (χ1v) is 18.9. The lowest BCUT2D eigenvalue weighted by atomic mass is 9.67. The third kappa shape index (κ3) is 7.09. The van der Waals surface area contributed by atoms with E-state index in [2.05, 4.69) is 134 Å². The zero-order chi connectivity index (χ0) is 35.2. The van der Waals surface area contributed by atoms with Gasteiger partial charge in [-0.15, -0.1) is 0 Å². The molecule has 0 saturated carbocycles. The van der Waals surface area contributed by atoms with Crippen LogP contribution in [0.3, 0.4) is 0 Å². The van der Waals surface area contributed by atoms with E-state index in [9.17, 15) is 4.79 Å². The molecule has 3 nitrogen and oxygen atoms in total. The van der Waals surface area contributed by atoms with E-state index in [0.29, 0.717) is 5.75 Å². The number of unbranched alkanes of at least 4 members (excludes halogenated alkanes) is 4. The van der Waals surface area contributed by atoms with Gasteiger partial charge in [-0.25, -0.2) is 0 Å². The minimum atomic E-state index is -0.545. The molecule has 260 valence electrons. The Morgan fingerprint density at radius 3 is 1.63 bits per heavy atom. The second-order valence-electron chi connectivity index (χ2n) is 14.9. The molecule has 0 heterocycles. The van der Waals surface area contributed by atoms with Gasteiger partial charge in [-0.05, 0) is 116 Å². The molecule has 0 radical (unpaired) electrons. The van der Waals surface area contributed by atoms with E-state index in [1.807, 2.05) is 6.07 Å². The average molecular weight is 659 g/mol. The maximum absolute atomic E-state index is 13.6. The van der Waals surface area contributed by atoms with E-state index in [1.165, 1.54) is 47.1 Å². The predicted molar refractivity (Wildman–Crippen MR) is 205 cm³/mol. The Bertz CT molecular complexity index is 1710. The van der Waals surface area contributed by atoms with Crippen molar-refractivity contribution in [2.75, 3.05) is 0 Å². The number of hydrogen-bond acceptors (Lipinski definition) is 3. The van der Waals surface area contributed by atoms with Crippen LogP contribution in [-0.4, -0.2) is 11.6 Å². The maximum Gasteiger partial charge on any atom is 0.317 e. The Hall–Kier alpha value is -3.85. The van der Waals surface area contributed by atoms with Crippen molar-refractivity contribution in [1.82, 2.24) is 0 Å². The van der Waals surface area contributed by atoms with E-state index >= 15 is 0 Å². The minimum absolute atomic E-state index is 0.131. The van der Waals surface area contributed by atoms with Crippen LogP contribution in [0.5, 0.6) is 11.5 Å². The molecular weight excluding hydrogens is 601 g/mol. The van der Waals surface area contributed by atoms with Crippen LogP contribution in [0.1, 0.15) is 139 Å². The van der Waals surface area contributed by atoms with Gasteiger partial charge in [0, 0.05) is 0 Å². The fourth-order valence-corrected chi connectivity index (χ4v) is 7.74. The number of hydrogen-bond donors (Lipinski definition) is 0. The summed E-state index contributed by atoms with van der Waals surface area (Å²) >= 11 is 0. The normalized spacial score (nSPS) is 15.5. The summed E-state index contributed by atoms with van der Waals surface area (Å²) in [6, 6.07) is 30.9. The van der Waals surface area contributed by atoms with Crippen LogP contribution in [0.4, 0.5) is 0 Å². The highest BCUT2D eigenvalue weighted by atomic mass is 16.5. The summed E-state index contributed by atoms with van der Waals surface area (Å²) in [5.41, 5.74) is 8.27. The monoisotopic (exact) mass is 658 g/mol. The van der Waals surface area contributed by atoms with Gasteiger partial charge >= 0.3 is 5.97 Å². The van der Waals surface area contributed by atoms with Crippen molar-refractivity contribution in [2.24, 2.45) is 5.41 Å². The van der Waals surface area contributed by atoms with Crippen molar-refractivity contribution in [3.05, 3.63) is 118 Å². The summed E-state index contributed by atoms with van der Waals surface area (Å²) in [4.78, 5) is 13.6. The SMILES string of the molecule is CCCCCC(C)(CC)Oc1ccc(C2(c3ccc(OC(=O)C(C)(CC)CCCCC)c(C)c3)c3ccccc3-c3ccccc32)cc1C. The average Bonchev–Trinajstić information content (AvgIpc) is 3.41. The highest BCUT2D eigenvalue weighted by Gasteiger charge is 2.46. The van der Waals surface area contributed by atoms with Gasteiger partial charge in [-0.1, -0.05) is 133 Å². The van der Waals surface area contributed by atoms with E-state index < -0.39 is 10.8 Å². The van der Waals surface area contributed by atoms with E-state index in [1.54, 1.807) is 0 Å². The van der Waals surface area contributed by atoms with Crippen LogP contribution >= 0.6 is 0 Å². The minimum Gasteiger partial charge on any atom is -0.487 e. The lowest BCUT2D eigenvalue weighted by Gasteiger charge is -2.35. The van der Waals surface area contributed by atoms with Crippen molar-refractivity contribution >= 4 is 5.97 Å². The largest absolute Gasteiger partial charge is 0.487 e. The van der Waals surface area contributed by atoms with Crippen molar-refractivity contribution in [1.29, 1.82) is 0 Å². The number of carbonyl (C=O) groups is 1. The summed E-state index contributed by atoms with van der Waals surface area (Å²) in [7, 11) is 0. The molecule has 0 bridgehead atoms. The quantitative estimate of drug-likeness (QED) is 0.0601. The molecule has 49 heavy (non-hydrogen) atoms. The summed E-state index contributed by atoms with van der Waals surface area (Å²) in [5, 5.41) is 0. The van der Waals surface area contributed by atoms with Gasteiger partial charge in [-0.2, -0.15) is 0 Å². The third-order valence-electron chi connectivity index (χ3n) is 11.4. The third-order valence-corrected chi connectivity index (χ3v) is 11.4. The van der Waals surface area contributed by atoms with Gasteiger partial charge < -0.3 is 9.47 Å². The molecule has 0 aliphatic heterocycles. The van der Waals surface area contributed by atoms with Gasteiger partial charge in [0.1, 0.15) is 17.1 Å². The maximum atomic E-state index is 13.6. The Morgan fingerprint density at radius 1 is 0.633 bits per heavy atom. The Morgan fingerprint density at radius 2 is 1.14 bits per heavy atom. The van der Waals surface area contributed by atoms with Gasteiger partial charge in [0.05, 0.1) is 10.8 Å². The molecule has 0 amide bonds. The number of fused-ring (bicyclic) bond motifs is 3. The van der Waals surface area contributed by atoms with Crippen LogP contribution in [0, 0.1) is 19.3 Å². The second kappa shape index (κ2) is 15.4. The Kier molecular flexibility index (Phi) is 11.4. The van der Waals surface area contributed by atoms with E-state index in [4.69, 9.17) is 9.47 Å². The zero-order valence-corrected chi connectivity index (χ0v) is 31.4. The first kappa shape index (κ1) is 36.4. The summed E-state index contributed by atoms with van der Waals surface area (Å²) in [5.74, 6) is 1.46. The number of rotatable bonds is 16. The lowest BCUT2D eigenvalue weighted by molar-refractivity contribution is -0.145. The molecule has 0 aromatic heterocycles. The number of benzene rings is 4. The van der Waals surface area contributed by atoms with Gasteiger partial charge in [0.15, 0.2) is 0 Å². The highest BCUT2D eigenvalue weighted by Crippen LogP contribution is 2.56.